The first kappa shape index (κ1) is 12.8. The smallest absolute Gasteiger partial charge is 0.150 e. The molecular weight excluding hydrogens is 254 g/mol. The quantitative estimate of drug-likeness (QED) is 0.771. The molecule has 0 aliphatic carbocycles. The van der Waals surface area contributed by atoms with Gasteiger partial charge in [-0.3, -0.25) is 4.79 Å². The SMILES string of the molecule is Cc1cc(C=O)ccc1Sc1ccc(F)cc1F. The molecule has 0 aliphatic rings. The average Bonchev–Trinajstić information content (AvgIpc) is 2.34. The summed E-state index contributed by atoms with van der Waals surface area (Å²) in [7, 11) is 0. The summed E-state index contributed by atoms with van der Waals surface area (Å²) in [4.78, 5) is 11.8. The lowest BCUT2D eigenvalue weighted by molar-refractivity contribution is 0.112. The number of aldehydes is 1. The molecule has 0 unspecified atom stereocenters. The molecule has 4 heteroatoms. The van der Waals surface area contributed by atoms with Gasteiger partial charge in [0.2, 0.25) is 0 Å². The molecule has 0 heterocycles. The molecule has 2 aromatic carbocycles. The highest BCUT2D eigenvalue weighted by molar-refractivity contribution is 7.99. The van der Waals surface area contributed by atoms with Crippen LogP contribution in [0.5, 0.6) is 0 Å². The van der Waals surface area contributed by atoms with Gasteiger partial charge in [0.15, 0.2) is 0 Å². The van der Waals surface area contributed by atoms with E-state index in [-0.39, 0.29) is 0 Å². The van der Waals surface area contributed by atoms with Crippen LogP contribution >= 0.6 is 11.8 Å². The van der Waals surface area contributed by atoms with E-state index < -0.39 is 11.6 Å². The van der Waals surface area contributed by atoms with E-state index in [9.17, 15) is 13.6 Å². The lowest BCUT2D eigenvalue weighted by Gasteiger charge is -2.07. The average molecular weight is 264 g/mol. The van der Waals surface area contributed by atoms with Gasteiger partial charge < -0.3 is 0 Å². The van der Waals surface area contributed by atoms with Gasteiger partial charge in [0.05, 0.1) is 0 Å². The van der Waals surface area contributed by atoms with E-state index in [1.165, 1.54) is 23.9 Å². The minimum absolute atomic E-state index is 0.360. The molecular formula is C14H10F2OS. The Bertz CT molecular complexity index is 596. The third-order valence-corrected chi connectivity index (χ3v) is 3.68. The summed E-state index contributed by atoms with van der Waals surface area (Å²) in [6, 6.07) is 8.65. The number of benzene rings is 2. The second-order valence-corrected chi connectivity index (χ2v) is 4.90. The van der Waals surface area contributed by atoms with Gasteiger partial charge in [-0.1, -0.05) is 17.8 Å². The number of aryl methyl sites for hydroxylation is 1. The highest BCUT2D eigenvalue weighted by atomic mass is 32.2. The van der Waals surface area contributed by atoms with Crippen LogP contribution in [-0.2, 0) is 0 Å². The Morgan fingerprint density at radius 3 is 2.39 bits per heavy atom. The van der Waals surface area contributed by atoms with Crippen molar-refractivity contribution in [2.24, 2.45) is 0 Å². The van der Waals surface area contributed by atoms with Crippen molar-refractivity contribution in [3.8, 4) is 0 Å². The van der Waals surface area contributed by atoms with Crippen LogP contribution in [0.3, 0.4) is 0 Å². The van der Waals surface area contributed by atoms with E-state index >= 15 is 0 Å². The number of carbonyl (C=O) groups is 1. The van der Waals surface area contributed by atoms with Crippen LogP contribution in [0.1, 0.15) is 15.9 Å². The molecule has 0 aliphatic heterocycles. The molecule has 0 N–H and O–H groups in total. The number of halogens is 2. The maximum absolute atomic E-state index is 13.5. The Balaban J connectivity index is 2.31. The van der Waals surface area contributed by atoms with Crippen molar-refractivity contribution in [1.82, 2.24) is 0 Å². The van der Waals surface area contributed by atoms with Crippen LogP contribution in [0.25, 0.3) is 0 Å². The molecule has 0 atom stereocenters. The zero-order chi connectivity index (χ0) is 13.1. The largest absolute Gasteiger partial charge is 0.298 e. The highest BCUT2D eigenvalue weighted by Crippen LogP contribution is 2.32. The molecule has 0 saturated heterocycles. The molecule has 18 heavy (non-hydrogen) atoms. The van der Waals surface area contributed by atoms with Gasteiger partial charge >= 0.3 is 0 Å². The molecule has 0 bridgehead atoms. The molecule has 0 aromatic heterocycles. The van der Waals surface area contributed by atoms with Crippen molar-refractivity contribution < 1.29 is 13.6 Å². The molecule has 2 aromatic rings. The summed E-state index contributed by atoms with van der Waals surface area (Å²) >= 11 is 1.21. The normalized spacial score (nSPS) is 10.4. The topological polar surface area (TPSA) is 17.1 Å². The Hall–Kier alpha value is -1.68. The Morgan fingerprint density at radius 2 is 1.78 bits per heavy atom. The minimum Gasteiger partial charge on any atom is -0.298 e. The van der Waals surface area contributed by atoms with Crippen molar-refractivity contribution in [2.75, 3.05) is 0 Å². The molecule has 0 saturated carbocycles. The van der Waals surface area contributed by atoms with Gasteiger partial charge in [0, 0.05) is 21.4 Å². The zero-order valence-corrected chi connectivity index (χ0v) is 10.4. The summed E-state index contributed by atoms with van der Waals surface area (Å²) in [5, 5.41) is 0. The van der Waals surface area contributed by atoms with Crippen LogP contribution in [-0.4, -0.2) is 6.29 Å². The molecule has 92 valence electrons. The van der Waals surface area contributed by atoms with Crippen molar-refractivity contribution in [3.63, 3.8) is 0 Å². The van der Waals surface area contributed by atoms with Gasteiger partial charge in [-0.2, -0.15) is 0 Å². The van der Waals surface area contributed by atoms with Crippen molar-refractivity contribution in [1.29, 1.82) is 0 Å². The first-order chi connectivity index (χ1) is 8.60. The zero-order valence-electron chi connectivity index (χ0n) is 9.61. The van der Waals surface area contributed by atoms with E-state index in [1.807, 2.05) is 6.92 Å². The van der Waals surface area contributed by atoms with Gasteiger partial charge in [-0.15, -0.1) is 0 Å². The summed E-state index contributed by atoms with van der Waals surface area (Å²) in [5.41, 5.74) is 1.46. The number of hydrogen-bond donors (Lipinski definition) is 0. The van der Waals surface area contributed by atoms with E-state index in [1.54, 1.807) is 18.2 Å². The fourth-order valence-corrected chi connectivity index (χ4v) is 2.42. The van der Waals surface area contributed by atoms with Crippen molar-refractivity contribution in [2.45, 2.75) is 16.7 Å². The van der Waals surface area contributed by atoms with E-state index in [2.05, 4.69) is 0 Å². The predicted molar refractivity (Wildman–Crippen MR) is 67.0 cm³/mol. The summed E-state index contributed by atoms with van der Waals surface area (Å²) in [5.74, 6) is -1.18. The van der Waals surface area contributed by atoms with Crippen LogP contribution in [0.2, 0.25) is 0 Å². The van der Waals surface area contributed by atoms with Crippen LogP contribution in [0, 0.1) is 18.6 Å². The van der Waals surface area contributed by atoms with Crippen LogP contribution < -0.4 is 0 Å². The van der Waals surface area contributed by atoms with Crippen LogP contribution in [0.15, 0.2) is 46.2 Å². The molecule has 0 fully saturated rings. The molecule has 2 rings (SSSR count). The third-order valence-electron chi connectivity index (χ3n) is 2.45. The number of hydrogen-bond acceptors (Lipinski definition) is 2. The molecule has 0 radical (unpaired) electrons. The summed E-state index contributed by atoms with van der Waals surface area (Å²) < 4.78 is 26.3. The molecule has 1 nitrogen and oxygen atoms in total. The van der Waals surface area contributed by atoms with Gasteiger partial charge in [-0.05, 0) is 36.8 Å². The monoisotopic (exact) mass is 264 g/mol. The maximum Gasteiger partial charge on any atom is 0.150 e. The van der Waals surface area contributed by atoms with Crippen LogP contribution in [0.4, 0.5) is 8.78 Å². The molecule has 0 spiro atoms. The predicted octanol–water partition coefficient (Wildman–Crippen LogP) is 4.24. The van der Waals surface area contributed by atoms with Gasteiger partial charge in [0.25, 0.3) is 0 Å². The van der Waals surface area contributed by atoms with Crippen molar-refractivity contribution >= 4 is 18.0 Å². The summed E-state index contributed by atoms with van der Waals surface area (Å²) in [6.45, 7) is 1.84. The second-order valence-electron chi connectivity index (χ2n) is 3.82. The fourth-order valence-electron chi connectivity index (χ4n) is 1.54. The van der Waals surface area contributed by atoms with Gasteiger partial charge in [-0.25, -0.2) is 8.78 Å². The number of carbonyl (C=O) groups excluding carboxylic acids is 1. The maximum atomic E-state index is 13.5. The van der Waals surface area contributed by atoms with E-state index in [0.717, 1.165) is 22.8 Å². The molecule has 0 amide bonds. The lowest BCUT2D eigenvalue weighted by Crippen LogP contribution is -1.87. The highest BCUT2D eigenvalue weighted by Gasteiger charge is 2.07. The first-order valence-corrected chi connectivity index (χ1v) is 6.10. The standard InChI is InChI=1S/C14H10F2OS/c1-9-6-10(8-17)2-4-13(9)18-14-5-3-11(15)7-12(14)16/h2-8H,1H3. The Labute approximate surface area is 108 Å². The van der Waals surface area contributed by atoms with Gasteiger partial charge in [0.1, 0.15) is 17.9 Å². The second kappa shape index (κ2) is 5.31. The van der Waals surface area contributed by atoms with E-state index in [4.69, 9.17) is 0 Å². The minimum atomic E-state index is -0.593. The van der Waals surface area contributed by atoms with Crippen molar-refractivity contribution in [3.05, 3.63) is 59.2 Å². The fraction of sp³-hybridized carbons (Fsp3) is 0.0714. The number of rotatable bonds is 3. The first-order valence-electron chi connectivity index (χ1n) is 5.29. The van der Waals surface area contributed by atoms with E-state index in [0.29, 0.717) is 10.5 Å². The Kier molecular flexibility index (Phi) is 3.77. The summed E-state index contributed by atoms with van der Waals surface area (Å²) in [6.07, 6.45) is 0.764. The lowest BCUT2D eigenvalue weighted by atomic mass is 10.2. The Morgan fingerprint density at radius 1 is 1.06 bits per heavy atom. The third kappa shape index (κ3) is 2.76.